The Bertz CT molecular complexity index is 5680. The molecule has 33 heteroatoms. The maximum atomic E-state index is 14.0. The van der Waals surface area contributed by atoms with E-state index in [4.69, 9.17) is 25.4 Å². The first-order valence-electron chi connectivity index (χ1n) is 38.9. The third kappa shape index (κ3) is 27.4. The molecule has 8 heterocycles. The second kappa shape index (κ2) is 44.5. The van der Waals surface area contributed by atoms with Gasteiger partial charge in [-0.25, -0.2) is 29.1 Å². The molecule has 0 amide bonds. The number of halogens is 12. The van der Waals surface area contributed by atoms with Crippen molar-refractivity contribution in [2.45, 2.75) is 140 Å². The summed E-state index contributed by atoms with van der Waals surface area (Å²) < 4.78 is 165. The van der Waals surface area contributed by atoms with E-state index in [2.05, 4.69) is 130 Å². The Morgan fingerprint density at radius 3 is 0.931 bits per heavy atom. The molecule has 18 nitrogen and oxygen atoms in total. The Morgan fingerprint density at radius 1 is 0.298 bits per heavy atom. The fourth-order valence-electron chi connectivity index (χ4n) is 13.0. The number of pyridine rings is 6. The molecule has 0 fully saturated rings. The zero-order chi connectivity index (χ0) is 94.2. The molecule has 4 N–H and O–H groups in total. The van der Waals surface area contributed by atoms with Gasteiger partial charge in [0.1, 0.15) is 22.8 Å². The summed E-state index contributed by atoms with van der Waals surface area (Å²) in [5.41, 5.74) is -1.56. The topological polar surface area (TPSA) is 262 Å². The molecule has 0 bridgehead atoms. The van der Waals surface area contributed by atoms with Crippen molar-refractivity contribution >= 4 is 23.9 Å². The smallest absolute Gasteiger partial charge is 0.370 e. The van der Waals surface area contributed by atoms with Gasteiger partial charge in [0.25, 0.3) is 0 Å². The number of alkyl halides is 12. The molecule has 691 valence electrons. The predicted octanol–water partition coefficient (Wildman–Crippen LogP) is 22.5. The van der Waals surface area contributed by atoms with E-state index in [1.807, 2.05) is 107 Å². The van der Waals surface area contributed by atoms with Gasteiger partial charge in [-0.05, 0) is 107 Å². The third-order valence-corrected chi connectivity index (χ3v) is 20.7. The zero-order valence-electron chi connectivity index (χ0n) is 71.8. The molecule has 0 aliphatic rings. The van der Waals surface area contributed by atoms with Crippen LogP contribution in [0.3, 0.4) is 0 Å². The second-order valence-corrected chi connectivity index (χ2v) is 31.7. The number of hydrogen-bond acceptors (Lipinski definition) is 12. The van der Waals surface area contributed by atoms with E-state index in [1.54, 1.807) is 82.4 Å². The first-order chi connectivity index (χ1) is 59.9. The van der Waals surface area contributed by atoms with Crippen molar-refractivity contribution in [1.29, 1.82) is 0 Å². The van der Waals surface area contributed by atoms with E-state index < -0.39 is 98.1 Å². The van der Waals surface area contributed by atoms with E-state index >= 15 is 0 Å². The minimum absolute atomic E-state index is 0. The maximum Gasteiger partial charge on any atom is 0.370 e. The van der Waals surface area contributed by atoms with Gasteiger partial charge in [-0.15, -0.1) is 35.4 Å². The summed E-state index contributed by atoms with van der Waals surface area (Å²) in [7, 11) is 0. The Kier molecular flexibility index (Phi) is 36.5. The van der Waals surface area contributed by atoms with Crippen molar-refractivity contribution < 1.29 is 153 Å². The van der Waals surface area contributed by atoms with Gasteiger partial charge in [0.05, 0.1) is 0 Å². The number of carboxylic acids is 4. The number of aromatic nitrogens is 10. The van der Waals surface area contributed by atoms with Crippen molar-refractivity contribution in [3.8, 4) is 11.4 Å². The van der Waals surface area contributed by atoms with Crippen molar-refractivity contribution in [2.75, 3.05) is 0 Å². The first-order valence-corrected chi connectivity index (χ1v) is 38.9. The van der Waals surface area contributed by atoms with Crippen LogP contribution < -0.4 is 0 Å². The average molecular weight is 2330 g/mol. The average Bonchev–Trinajstić information content (AvgIpc) is 1.11. The van der Waals surface area contributed by atoms with Crippen LogP contribution in [0.5, 0.6) is 0 Å². The van der Waals surface area contributed by atoms with E-state index in [1.165, 1.54) is 82.4 Å². The molecule has 3 radical (unpaired) electrons. The van der Waals surface area contributed by atoms with Gasteiger partial charge in [0.2, 0.25) is 0 Å². The molecular weight excluding hydrogens is 2250 g/mol. The van der Waals surface area contributed by atoms with E-state index in [0.717, 1.165) is 58.2 Å². The Morgan fingerprint density at radius 2 is 0.618 bits per heavy atom. The largest absolute Gasteiger partial charge is 0.477 e. The third-order valence-electron chi connectivity index (χ3n) is 20.7. The summed E-state index contributed by atoms with van der Waals surface area (Å²) in [6.45, 7) is 22.1. The van der Waals surface area contributed by atoms with Crippen LogP contribution in [0.15, 0.2) is 268 Å². The van der Waals surface area contributed by atoms with Gasteiger partial charge in [0, 0.05) is 159 Å². The fraction of sp³-hybridized carbons (Fsp3) is 0.224. The number of nitrogens with zero attached hydrogens (tertiary/aromatic N) is 10. The normalized spacial score (nSPS) is 11.7. The van der Waals surface area contributed by atoms with Crippen molar-refractivity contribution in [3.63, 3.8) is 0 Å². The summed E-state index contributed by atoms with van der Waals surface area (Å²) >= 11 is 0. The van der Waals surface area contributed by atoms with Crippen LogP contribution in [-0.2, 0) is 118 Å². The maximum absolute atomic E-state index is 14.0. The van der Waals surface area contributed by atoms with Gasteiger partial charge in [0.15, 0.2) is 0 Å². The van der Waals surface area contributed by atoms with Crippen LogP contribution in [-0.4, -0.2) is 93.8 Å². The SMILES string of the molecule is CC(C)(c1[c-]c(C(C)(C)c2ccccn2)ccc1)c1ccccn1.CC(C)(c1[c-]cc(C(F)(F)F)cc1)c1cccc(C(C)(C)c2[c-]cc(C(F)(F)F)cc2)n1.CC(C)(c1[c-]cccc1)c1[c-]c(C(C)(C)c2ccccn2)c(C(F)(F)F)cc1C(F)(F)F.O=C(O)c1cccc(C(=O)O)n1.O=C(O)c1cccc(C(=O)O)n1.[Ir].[Ir].[Ir].[c-]1c(-n2cccn2)cccc1-n1cccn1. The molecule has 14 aromatic rings. The fourth-order valence-corrected chi connectivity index (χ4v) is 13.0. The molecule has 0 atom stereocenters. The summed E-state index contributed by atoms with van der Waals surface area (Å²) in [6, 6.07) is 76.9. The number of carbonyl (C=O) groups is 4. The van der Waals surface area contributed by atoms with Crippen LogP contribution in [0.4, 0.5) is 52.7 Å². The molecule has 8 aromatic heterocycles. The van der Waals surface area contributed by atoms with Crippen molar-refractivity contribution in [1.82, 2.24) is 49.5 Å². The van der Waals surface area contributed by atoms with Crippen LogP contribution in [0.2, 0.25) is 0 Å². The molecule has 0 saturated heterocycles. The van der Waals surface area contributed by atoms with Crippen molar-refractivity contribution in [2.24, 2.45) is 0 Å². The van der Waals surface area contributed by atoms with Gasteiger partial charge >= 0.3 is 48.6 Å². The van der Waals surface area contributed by atoms with Gasteiger partial charge in [-0.1, -0.05) is 136 Å². The van der Waals surface area contributed by atoms with Gasteiger partial charge in [-0.2, -0.15) is 206 Å². The summed E-state index contributed by atoms with van der Waals surface area (Å²) in [5.74, 6) is -4.95. The number of aromatic carboxylic acids is 4. The van der Waals surface area contributed by atoms with E-state index in [-0.39, 0.29) is 111 Å². The molecule has 0 spiro atoms. The number of carboxylic acid groups (broad SMARTS) is 4. The Labute approximate surface area is 788 Å². The number of rotatable bonds is 18. The monoisotopic (exact) mass is 2340 g/mol. The van der Waals surface area contributed by atoms with E-state index in [9.17, 15) is 71.9 Å². The number of benzene rings is 6. The van der Waals surface area contributed by atoms with E-state index in [0.29, 0.717) is 28.1 Å². The zero-order valence-corrected chi connectivity index (χ0v) is 79.0. The Balaban J connectivity index is 0.000000250. The van der Waals surface area contributed by atoms with Gasteiger partial charge in [-0.3, -0.25) is 29.3 Å². The molecule has 131 heavy (non-hydrogen) atoms. The standard InChI is InChI=1S/2C25H21F6N.C22H23N2.C12H9N4.2C7H5NO4.3Ir/c1-22(2,16-8-12-18(13-9-16)24(26,27)28)20-6-5-7-21(32-20)23(3,4)17-10-14-19(15-11-17)25(29,30)31;1-22(2,16-10-6-5-7-11-16)17-14-18(23(3,4)21-12-8-9-13-32-21)20(25(29,30)31)15-19(17)24(26,27)28;1-21(2,19-12-5-7-14-23-19)17-10-9-11-18(16-17)22(3,4)20-13-6-8-15-24-20;1-4-11(15-8-2-6-13-15)10-12(5-1)16-9-3-7-14-16;2*9-6(10)4-2-1-3-5(8-4)7(11)12;;;/h5-8,10,12-15H,1-4H3;5-10,12-13,15H,1-4H3;5-15H,1-4H3;1-9H;2*1-3H,(H,9,10)(H,11,12);;;/q2*-2;2*-1;;;;;. The number of hydrogen-bond donors (Lipinski definition) is 4. The van der Waals surface area contributed by atoms with Crippen LogP contribution in [0.25, 0.3) is 11.4 Å². The van der Waals surface area contributed by atoms with Gasteiger partial charge < -0.3 is 20.4 Å². The summed E-state index contributed by atoms with van der Waals surface area (Å²) in [6.07, 6.45) is -6.53. The summed E-state index contributed by atoms with van der Waals surface area (Å²) in [4.78, 5) is 66.0. The predicted molar refractivity (Wildman–Crippen MR) is 452 cm³/mol. The minimum atomic E-state index is -5.01. The van der Waals surface area contributed by atoms with Crippen molar-refractivity contribution in [3.05, 3.63) is 417 Å². The molecule has 0 aliphatic carbocycles. The quantitative estimate of drug-likeness (QED) is 0.0460. The molecular formula is C98H84F12Ir3N10O8-6. The van der Waals surface area contributed by atoms with Crippen LogP contribution in [0, 0.1) is 36.4 Å². The van der Waals surface area contributed by atoms with Crippen LogP contribution >= 0.6 is 0 Å². The molecule has 0 unspecified atom stereocenters. The minimum Gasteiger partial charge on any atom is -0.477 e. The second-order valence-electron chi connectivity index (χ2n) is 31.7. The van der Waals surface area contributed by atoms with Crippen LogP contribution in [0.1, 0.15) is 215 Å². The molecule has 0 aliphatic heterocycles. The first kappa shape index (κ1) is 107. The molecule has 14 rings (SSSR count). The molecule has 6 aromatic carbocycles. The Hall–Kier alpha value is -12.4. The molecule has 0 saturated carbocycles. The summed E-state index contributed by atoms with van der Waals surface area (Å²) in [5, 5.41) is 42.1.